The summed E-state index contributed by atoms with van der Waals surface area (Å²) in [5.74, 6) is 1.06. The molecule has 8 nitrogen and oxygen atoms in total. The average Bonchev–Trinajstić information content (AvgIpc) is 3.08. The van der Waals surface area contributed by atoms with Gasteiger partial charge in [-0.1, -0.05) is 0 Å². The summed E-state index contributed by atoms with van der Waals surface area (Å²) < 4.78 is 7.11. The van der Waals surface area contributed by atoms with Crippen LogP contribution in [0.15, 0.2) is 24.5 Å². The molecule has 27 heavy (non-hydrogen) atoms. The van der Waals surface area contributed by atoms with Crippen LogP contribution in [0.5, 0.6) is 0 Å². The number of hydrogen-bond donors (Lipinski definition) is 1. The fourth-order valence-corrected chi connectivity index (χ4v) is 3.39. The third kappa shape index (κ3) is 5.26. The van der Waals surface area contributed by atoms with E-state index in [4.69, 9.17) is 4.74 Å². The predicted octanol–water partition coefficient (Wildman–Crippen LogP) is 1.66. The highest BCUT2D eigenvalue weighted by molar-refractivity contribution is 5.92. The highest BCUT2D eigenvalue weighted by Crippen LogP contribution is 2.19. The van der Waals surface area contributed by atoms with E-state index in [9.17, 15) is 4.79 Å². The van der Waals surface area contributed by atoms with Gasteiger partial charge in [0.2, 0.25) is 5.95 Å². The first-order valence-electron chi connectivity index (χ1n) is 9.59. The zero-order valence-electron chi connectivity index (χ0n) is 16.1. The average molecular weight is 372 g/mol. The first-order valence-corrected chi connectivity index (χ1v) is 9.59. The number of amides is 1. The maximum absolute atomic E-state index is 12.7. The summed E-state index contributed by atoms with van der Waals surface area (Å²) in [6.45, 7) is 8.08. The zero-order valence-corrected chi connectivity index (χ0v) is 16.1. The number of carbonyl (C=O) groups excluding carboxylic acids is 1. The van der Waals surface area contributed by atoms with Crippen molar-refractivity contribution in [2.45, 2.75) is 33.2 Å². The van der Waals surface area contributed by atoms with Crippen LogP contribution in [0.2, 0.25) is 0 Å². The van der Waals surface area contributed by atoms with Crippen molar-refractivity contribution in [2.24, 2.45) is 5.92 Å². The molecule has 0 bridgehead atoms. The summed E-state index contributed by atoms with van der Waals surface area (Å²) in [7, 11) is 0. The Hall–Kier alpha value is -2.48. The molecule has 3 rings (SSSR count). The van der Waals surface area contributed by atoms with Crippen LogP contribution in [0.1, 0.15) is 35.9 Å². The highest BCUT2D eigenvalue weighted by Gasteiger charge is 2.23. The fraction of sp³-hybridized carbons (Fsp3) is 0.579. The smallest absolute Gasteiger partial charge is 0.269 e. The van der Waals surface area contributed by atoms with Gasteiger partial charge >= 0.3 is 0 Å². The molecular formula is C19H28N6O2. The van der Waals surface area contributed by atoms with Gasteiger partial charge in [-0.05, 0) is 44.7 Å². The molecule has 1 aliphatic rings. The highest BCUT2D eigenvalue weighted by atomic mass is 16.5. The Bertz CT molecular complexity index is 733. The summed E-state index contributed by atoms with van der Waals surface area (Å²) in [5, 5.41) is 7.48. The molecule has 1 fully saturated rings. The SMILES string of the molecule is CCOCCn1nc(C)cc1C(=O)NCC1CCCN(c2ncccn2)C1. The lowest BCUT2D eigenvalue weighted by molar-refractivity contribution is 0.0927. The summed E-state index contributed by atoms with van der Waals surface area (Å²) in [6, 6.07) is 3.65. The molecule has 1 aliphatic heterocycles. The monoisotopic (exact) mass is 372 g/mol. The van der Waals surface area contributed by atoms with E-state index in [-0.39, 0.29) is 5.91 Å². The Morgan fingerprint density at radius 3 is 2.96 bits per heavy atom. The van der Waals surface area contributed by atoms with Gasteiger partial charge in [0.05, 0.1) is 18.8 Å². The van der Waals surface area contributed by atoms with Crippen LogP contribution in [-0.2, 0) is 11.3 Å². The minimum Gasteiger partial charge on any atom is -0.380 e. The molecule has 0 spiro atoms. The first kappa shape index (κ1) is 19.3. The van der Waals surface area contributed by atoms with Crippen molar-refractivity contribution >= 4 is 11.9 Å². The number of aryl methyl sites for hydroxylation is 1. The van der Waals surface area contributed by atoms with Crippen molar-refractivity contribution in [1.29, 1.82) is 0 Å². The number of carbonyl (C=O) groups is 1. The van der Waals surface area contributed by atoms with Gasteiger partial charge in [-0.25, -0.2) is 9.97 Å². The van der Waals surface area contributed by atoms with Gasteiger partial charge in [0.1, 0.15) is 5.69 Å². The lowest BCUT2D eigenvalue weighted by Crippen LogP contribution is -2.42. The Morgan fingerprint density at radius 1 is 1.37 bits per heavy atom. The van der Waals surface area contributed by atoms with Crippen LogP contribution in [0.25, 0.3) is 0 Å². The van der Waals surface area contributed by atoms with E-state index in [1.54, 1.807) is 17.1 Å². The molecule has 8 heteroatoms. The van der Waals surface area contributed by atoms with Crippen LogP contribution in [0.4, 0.5) is 5.95 Å². The van der Waals surface area contributed by atoms with E-state index in [2.05, 4.69) is 25.3 Å². The maximum atomic E-state index is 12.7. The van der Waals surface area contributed by atoms with Crippen LogP contribution in [0.3, 0.4) is 0 Å². The molecule has 1 N–H and O–H groups in total. The van der Waals surface area contributed by atoms with Gasteiger partial charge in [-0.15, -0.1) is 0 Å². The quantitative estimate of drug-likeness (QED) is 0.710. The molecule has 1 amide bonds. The third-order valence-corrected chi connectivity index (χ3v) is 4.69. The van der Waals surface area contributed by atoms with Crippen LogP contribution in [-0.4, -0.2) is 58.5 Å². The van der Waals surface area contributed by atoms with E-state index < -0.39 is 0 Å². The van der Waals surface area contributed by atoms with Gasteiger partial charge < -0.3 is 15.0 Å². The predicted molar refractivity (Wildman–Crippen MR) is 103 cm³/mol. The van der Waals surface area contributed by atoms with Gasteiger partial charge in [-0.2, -0.15) is 5.10 Å². The topological polar surface area (TPSA) is 85.2 Å². The normalized spacial score (nSPS) is 17.1. The molecular weight excluding hydrogens is 344 g/mol. The second kappa shape index (κ2) is 9.45. The standard InChI is InChI=1S/C19H28N6O2/c1-3-27-11-10-25-17(12-15(2)23-25)18(26)22-13-16-6-4-9-24(14-16)19-20-7-5-8-21-19/h5,7-8,12,16H,3-4,6,9-11,13-14H2,1-2H3,(H,22,26). The van der Waals surface area contributed by atoms with Crippen molar-refractivity contribution in [3.05, 3.63) is 35.9 Å². The summed E-state index contributed by atoms with van der Waals surface area (Å²) in [5.41, 5.74) is 1.42. The number of rotatable bonds is 8. The molecule has 1 saturated heterocycles. The van der Waals surface area contributed by atoms with Crippen LogP contribution >= 0.6 is 0 Å². The Morgan fingerprint density at radius 2 is 2.19 bits per heavy atom. The number of nitrogens with one attached hydrogen (secondary N) is 1. The van der Waals surface area contributed by atoms with E-state index in [1.807, 2.05) is 26.0 Å². The number of anilines is 1. The molecule has 0 aromatic carbocycles. The Labute approximate surface area is 159 Å². The summed E-state index contributed by atoms with van der Waals surface area (Å²) in [6.07, 6.45) is 5.69. The van der Waals surface area contributed by atoms with Crippen molar-refractivity contribution in [3.63, 3.8) is 0 Å². The Kier molecular flexibility index (Phi) is 6.75. The molecule has 0 radical (unpaired) electrons. The first-order chi connectivity index (χ1) is 13.2. The maximum Gasteiger partial charge on any atom is 0.269 e. The number of hydrogen-bond acceptors (Lipinski definition) is 6. The van der Waals surface area contributed by atoms with Crippen molar-refractivity contribution in [3.8, 4) is 0 Å². The number of nitrogens with zero attached hydrogens (tertiary/aromatic N) is 5. The summed E-state index contributed by atoms with van der Waals surface area (Å²) >= 11 is 0. The molecule has 1 atom stereocenters. The van der Waals surface area contributed by atoms with Crippen molar-refractivity contribution in [1.82, 2.24) is 25.1 Å². The van der Waals surface area contributed by atoms with Gasteiger partial charge in [-0.3, -0.25) is 9.48 Å². The molecule has 3 heterocycles. The second-order valence-electron chi connectivity index (χ2n) is 6.80. The van der Waals surface area contributed by atoms with Crippen molar-refractivity contribution in [2.75, 3.05) is 37.7 Å². The second-order valence-corrected chi connectivity index (χ2v) is 6.80. The number of ether oxygens (including phenoxy) is 1. The van der Waals surface area contributed by atoms with Gasteiger partial charge in [0, 0.05) is 38.6 Å². The third-order valence-electron chi connectivity index (χ3n) is 4.69. The van der Waals surface area contributed by atoms with Crippen LogP contribution < -0.4 is 10.2 Å². The lowest BCUT2D eigenvalue weighted by atomic mass is 9.98. The Balaban J connectivity index is 1.54. The fourth-order valence-electron chi connectivity index (χ4n) is 3.39. The van der Waals surface area contributed by atoms with E-state index >= 15 is 0 Å². The molecule has 2 aromatic rings. The van der Waals surface area contributed by atoms with Gasteiger partial charge in [0.15, 0.2) is 0 Å². The summed E-state index contributed by atoms with van der Waals surface area (Å²) in [4.78, 5) is 23.5. The molecule has 1 unspecified atom stereocenters. The van der Waals surface area contributed by atoms with Crippen LogP contribution in [0, 0.1) is 12.8 Å². The lowest BCUT2D eigenvalue weighted by Gasteiger charge is -2.32. The molecule has 0 saturated carbocycles. The zero-order chi connectivity index (χ0) is 19.1. The molecule has 2 aromatic heterocycles. The van der Waals surface area contributed by atoms with Gasteiger partial charge in [0.25, 0.3) is 5.91 Å². The van der Waals surface area contributed by atoms with E-state index in [0.29, 0.717) is 37.9 Å². The largest absolute Gasteiger partial charge is 0.380 e. The minimum atomic E-state index is -0.0832. The van der Waals surface area contributed by atoms with E-state index in [1.165, 1.54) is 0 Å². The number of aromatic nitrogens is 4. The van der Waals surface area contributed by atoms with Crippen molar-refractivity contribution < 1.29 is 9.53 Å². The van der Waals surface area contributed by atoms with E-state index in [0.717, 1.165) is 37.6 Å². The number of piperidine rings is 1. The molecule has 0 aliphatic carbocycles. The minimum absolute atomic E-state index is 0.0832. The molecule has 146 valence electrons.